The number of rotatable bonds is 14. The fourth-order valence-electron chi connectivity index (χ4n) is 4.61. The minimum absolute atomic E-state index is 0.0510. The van der Waals surface area contributed by atoms with Crippen LogP contribution in [0, 0.1) is 5.92 Å². The molecule has 3 aromatic rings. The number of aliphatic carboxylic acids is 1. The number of oxime groups is 1. The van der Waals surface area contributed by atoms with Gasteiger partial charge in [0.1, 0.15) is 29.9 Å². The number of aromatic nitrogens is 2. The van der Waals surface area contributed by atoms with E-state index in [9.17, 15) is 27.9 Å². The van der Waals surface area contributed by atoms with E-state index in [1.54, 1.807) is 24.3 Å². The van der Waals surface area contributed by atoms with Crippen LogP contribution in [0.4, 0.5) is 16.6 Å². The van der Waals surface area contributed by atoms with E-state index < -0.39 is 58.2 Å². The number of carboxylic acid groups (broad SMARTS) is 1. The van der Waals surface area contributed by atoms with E-state index in [2.05, 4.69) is 35.4 Å². The molecule has 2 saturated heterocycles. The molecule has 2 atom stereocenters. The summed E-state index contributed by atoms with van der Waals surface area (Å²) in [7, 11) is -5.02. The molecule has 5 rings (SSSR count). The second-order valence-electron chi connectivity index (χ2n) is 11.1. The molecule has 0 aliphatic carbocycles. The number of hydroxylamine groups is 2. The summed E-state index contributed by atoms with van der Waals surface area (Å²) in [6, 6.07) is 5.22. The Bertz CT molecular complexity index is 1850. The maximum Gasteiger partial charge on any atom is 0.418 e. The van der Waals surface area contributed by atoms with Gasteiger partial charge >= 0.3 is 16.4 Å². The van der Waals surface area contributed by atoms with Crippen molar-refractivity contribution in [1.29, 1.82) is 0 Å². The van der Waals surface area contributed by atoms with Gasteiger partial charge in [0.2, 0.25) is 0 Å². The van der Waals surface area contributed by atoms with Gasteiger partial charge in [-0.1, -0.05) is 5.16 Å². The summed E-state index contributed by atoms with van der Waals surface area (Å²) >= 11 is 0.952. The minimum atomic E-state index is -5.02. The van der Waals surface area contributed by atoms with Crippen LogP contribution in [0.1, 0.15) is 19.5 Å². The van der Waals surface area contributed by atoms with Gasteiger partial charge in [-0.3, -0.25) is 14.1 Å². The molecule has 4 heterocycles. The van der Waals surface area contributed by atoms with Crippen LogP contribution in [0.3, 0.4) is 0 Å². The molecule has 2 aliphatic rings. The fourth-order valence-corrected chi connectivity index (χ4v) is 5.61. The summed E-state index contributed by atoms with van der Waals surface area (Å²) in [5.74, 6) is -2.10. The molecule has 0 radical (unpaired) electrons. The lowest BCUT2D eigenvalue weighted by atomic mass is 9.84. The molecule has 252 valence electrons. The third-order valence-electron chi connectivity index (χ3n) is 7.30. The number of nitrogen functional groups attached to an aromatic ring is 2. The average Bonchev–Trinajstić information content (AvgIpc) is 3.40. The number of nitrogens with two attached hydrogens (primary N) is 2. The number of carbonyl (C=O) groups excluding carboxylic acids is 2. The third-order valence-corrected chi connectivity index (χ3v) is 8.31. The Labute approximate surface area is 271 Å². The van der Waals surface area contributed by atoms with Crippen molar-refractivity contribution >= 4 is 72.8 Å². The van der Waals surface area contributed by atoms with Crippen LogP contribution in [0.15, 0.2) is 34.8 Å². The number of benzene rings is 1. The van der Waals surface area contributed by atoms with Crippen molar-refractivity contribution in [2.45, 2.75) is 31.5 Å². The molecule has 9 N–H and O–H groups in total. The molecule has 47 heavy (non-hydrogen) atoms. The molecule has 21 heteroatoms. The number of carboxylic acids is 1. The summed E-state index contributed by atoms with van der Waals surface area (Å²) < 4.78 is 41.1. The number of nitrogens with zero attached hydrogens (tertiary/aromatic N) is 4. The maximum atomic E-state index is 13.2. The van der Waals surface area contributed by atoms with Crippen molar-refractivity contribution in [3.63, 3.8) is 0 Å². The highest BCUT2D eigenvalue weighted by molar-refractivity contribution is 7.80. The van der Waals surface area contributed by atoms with Crippen LogP contribution in [0.25, 0.3) is 10.9 Å². The zero-order chi connectivity index (χ0) is 34.1. The lowest BCUT2D eigenvalue weighted by Crippen LogP contribution is -2.76. The summed E-state index contributed by atoms with van der Waals surface area (Å²) in [4.78, 5) is 51.5. The molecule has 19 nitrogen and oxygen atoms in total. The molecule has 2 aliphatic heterocycles. The first-order valence-corrected chi connectivity index (χ1v) is 16.1. The van der Waals surface area contributed by atoms with E-state index in [0.717, 1.165) is 31.0 Å². The Morgan fingerprint density at radius 2 is 2.00 bits per heavy atom. The van der Waals surface area contributed by atoms with Gasteiger partial charge in [0.05, 0.1) is 11.1 Å². The standard InChI is InChI=1S/C26H31N9O10S2/c1-26(2)21(23(37)35(26)45-47(40,41)42)33-22(36)20(17-11-46-25(28)32-17)34-44-18(24(38)39)10-43-13-3-4-16-14(5-13)15(27)6-19(31-16)30-9-12-7-29-8-12/h3-6,11-12,18,21,29H,7-10H2,1-2H3,(H2,28,32)(H,33,36)(H,38,39)(H3,27,30,31)(H,40,41,42)/b34-20-. The highest BCUT2D eigenvalue weighted by Crippen LogP contribution is 2.33. The smallest absolute Gasteiger partial charge is 0.418 e. The molecule has 0 saturated carbocycles. The van der Waals surface area contributed by atoms with Crippen molar-refractivity contribution in [1.82, 2.24) is 25.7 Å². The summed E-state index contributed by atoms with van der Waals surface area (Å²) in [6.07, 6.45) is -1.71. The van der Waals surface area contributed by atoms with Gasteiger partial charge in [-0.25, -0.2) is 14.8 Å². The SMILES string of the molecule is CC1(C)C(NC(=O)/C(=N\OC(COc2ccc3nc(NCC4CNC4)cc(N)c3c2)C(=O)O)c2csc(N)n2)C(=O)N1OS(=O)(=O)O. The zero-order valence-electron chi connectivity index (χ0n) is 24.9. The van der Waals surface area contributed by atoms with Crippen LogP contribution in [0.2, 0.25) is 0 Å². The Kier molecular flexibility index (Phi) is 9.36. The number of amides is 2. The summed E-state index contributed by atoms with van der Waals surface area (Å²) in [5, 5.41) is 24.7. The first kappa shape index (κ1) is 33.5. The monoisotopic (exact) mass is 693 g/mol. The first-order chi connectivity index (χ1) is 22.1. The number of nitrogens with one attached hydrogen (secondary N) is 3. The Balaban J connectivity index is 1.27. The molecule has 2 unspecified atom stereocenters. The lowest BCUT2D eigenvalue weighted by molar-refractivity contribution is -0.218. The van der Waals surface area contributed by atoms with Crippen LogP contribution in [-0.2, 0) is 33.9 Å². The highest BCUT2D eigenvalue weighted by atomic mass is 32.3. The van der Waals surface area contributed by atoms with E-state index in [4.69, 9.17) is 25.6 Å². The molecule has 0 spiro atoms. The highest BCUT2D eigenvalue weighted by Gasteiger charge is 2.58. The number of hydrogen-bond acceptors (Lipinski definition) is 16. The van der Waals surface area contributed by atoms with Gasteiger partial charge in [0.15, 0.2) is 10.8 Å². The van der Waals surface area contributed by atoms with Gasteiger partial charge < -0.3 is 42.1 Å². The van der Waals surface area contributed by atoms with Crippen molar-refractivity contribution in [3.05, 3.63) is 35.3 Å². The van der Waals surface area contributed by atoms with E-state index in [0.29, 0.717) is 33.4 Å². The first-order valence-electron chi connectivity index (χ1n) is 13.9. The molecule has 2 aromatic heterocycles. The number of pyridine rings is 1. The third kappa shape index (κ3) is 7.60. The minimum Gasteiger partial charge on any atom is -0.489 e. The fraction of sp³-hybridized carbons (Fsp3) is 0.385. The molecular formula is C26H31N9O10S2. The van der Waals surface area contributed by atoms with Crippen LogP contribution >= 0.6 is 11.3 Å². The Hall–Kier alpha value is -4.83. The van der Waals surface area contributed by atoms with Gasteiger partial charge in [0.25, 0.3) is 17.9 Å². The van der Waals surface area contributed by atoms with Gasteiger partial charge in [0, 0.05) is 48.1 Å². The topological polar surface area (TPSA) is 283 Å². The summed E-state index contributed by atoms with van der Waals surface area (Å²) in [5.41, 5.74) is 10.9. The molecule has 2 amide bonds. The lowest BCUT2D eigenvalue weighted by Gasteiger charge is -2.50. The van der Waals surface area contributed by atoms with Crippen LogP contribution < -0.4 is 32.2 Å². The average molecular weight is 694 g/mol. The normalized spacial score (nSPS) is 18.6. The van der Waals surface area contributed by atoms with Gasteiger partial charge in [-0.05, 0) is 32.0 Å². The summed E-state index contributed by atoms with van der Waals surface area (Å²) in [6.45, 7) is 4.80. The van der Waals surface area contributed by atoms with Gasteiger partial charge in [-0.15, -0.1) is 15.6 Å². The quantitative estimate of drug-likeness (QED) is 0.0488. The Morgan fingerprint density at radius 1 is 1.26 bits per heavy atom. The van der Waals surface area contributed by atoms with Crippen LogP contribution in [0.5, 0.6) is 5.75 Å². The molecule has 2 fully saturated rings. The van der Waals surface area contributed by atoms with Crippen molar-refractivity contribution < 1.29 is 46.3 Å². The van der Waals surface area contributed by atoms with Crippen LogP contribution in [-0.4, -0.2) is 101 Å². The number of ether oxygens (including phenoxy) is 1. The van der Waals surface area contributed by atoms with Gasteiger partial charge in [-0.2, -0.15) is 13.5 Å². The number of carbonyl (C=O) groups is 3. The maximum absolute atomic E-state index is 13.2. The second-order valence-corrected chi connectivity index (χ2v) is 13.0. The number of thiazole rings is 1. The Morgan fingerprint density at radius 3 is 2.60 bits per heavy atom. The number of hydrogen-bond donors (Lipinski definition) is 7. The number of β-lactam (4-membered cyclic amide) rings is 1. The second kappa shape index (κ2) is 13.1. The van der Waals surface area contributed by atoms with E-state index in [1.165, 1.54) is 19.2 Å². The van der Waals surface area contributed by atoms with Crippen molar-refractivity contribution in [3.8, 4) is 5.75 Å². The van der Waals surface area contributed by atoms with E-state index >= 15 is 0 Å². The number of anilines is 3. The molecular weight excluding hydrogens is 662 g/mol. The largest absolute Gasteiger partial charge is 0.489 e. The number of fused-ring (bicyclic) bond motifs is 1. The molecule has 1 aromatic carbocycles. The predicted octanol–water partition coefficient (Wildman–Crippen LogP) is -0.420. The van der Waals surface area contributed by atoms with E-state index in [-0.39, 0.29) is 16.6 Å². The van der Waals surface area contributed by atoms with Crippen molar-refractivity contribution in [2.24, 2.45) is 11.1 Å². The van der Waals surface area contributed by atoms with Crippen molar-refractivity contribution in [2.75, 3.05) is 43.0 Å². The zero-order valence-corrected chi connectivity index (χ0v) is 26.5. The van der Waals surface area contributed by atoms with E-state index in [1.807, 2.05) is 0 Å². The predicted molar refractivity (Wildman–Crippen MR) is 168 cm³/mol. The molecule has 0 bridgehead atoms.